The van der Waals surface area contributed by atoms with Gasteiger partial charge in [0, 0.05) is 100 Å². The summed E-state index contributed by atoms with van der Waals surface area (Å²) in [6.07, 6.45) is 4.74. The number of ketones is 2. The summed E-state index contributed by atoms with van der Waals surface area (Å²) in [5.74, 6) is -7.61. The molecule has 2 aromatic rings. The molecule has 7 N–H and O–H groups in total. The Morgan fingerprint density at radius 2 is 1.60 bits per heavy atom. The van der Waals surface area contributed by atoms with Gasteiger partial charge in [0.2, 0.25) is 5.78 Å². The highest BCUT2D eigenvalue weighted by Gasteiger charge is 2.54. The van der Waals surface area contributed by atoms with Gasteiger partial charge in [0.1, 0.15) is 41.7 Å². The zero-order chi connectivity index (χ0) is 61.1. The van der Waals surface area contributed by atoms with Crippen LogP contribution in [0.15, 0.2) is 81.7 Å². The molecule has 4 aliphatic heterocycles. The molecule has 11 atom stereocenters. The molecule has 5 aliphatic rings. The molecule has 82 heavy (non-hydrogen) atoms. The van der Waals surface area contributed by atoms with Gasteiger partial charge in [-0.3, -0.25) is 29.0 Å². The Bertz CT molecular complexity index is 3050. The number of nitrogens with zero attached hydrogens (tertiary/aromatic N) is 2. The molecule has 4 heterocycles. The van der Waals surface area contributed by atoms with Crippen molar-refractivity contribution < 1.29 is 76.2 Å². The Morgan fingerprint density at radius 3 is 2.16 bits per heavy atom. The van der Waals surface area contributed by atoms with Crippen LogP contribution in [0.4, 0.5) is 4.39 Å². The van der Waals surface area contributed by atoms with Gasteiger partial charge in [-0.05, 0) is 43.5 Å². The number of aliphatic hydroxyl groups is 3. The van der Waals surface area contributed by atoms with Crippen LogP contribution in [-0.4, -0.2) is 155 Å². The standard InChI is InChI=1S/C46H62N4O11.C12H14Cl2FNO4S/c1-22(2)21-50-18-16-46(17-19-50)48-34-31-32-39(54)28(8)42-33(31)43(56)45(10,61-42)59-20-15-30(58-11)25(5)41(60-29(9)51)27(7)38(53)26(6)37(52)23(3)13-12-14-24(4)44(57)47-36(40(32)55)35(34)49-46;1-21(19,20)8-4-2-7(3-5-8)10(17)9(6-15)16-12(18)11(13)14/h12-15,20,22-23,25-27,30,37-38,41,49,52-54H,16-19,21H2,1-11H3,(H,47,57);2-5,9-11,17H,6H2,1H3,(H,16,18)/b13-12-,20-15-,24-14-;/t23-,25-,26+,27+,30-,37-,38+,41-,45+;9-,10-/m11/s1. The number of fused-ring (bicyclic) bond motifs is 3. The van der Waals surface area contributed by atoms with Crippen molar-refractivity contribution in [3.05, 3.63) is 99.6 Å². The second kappa shape index (κ2) is 26.5. The topological polar surface area (TPSA) is 289 Å². The molecule has 1 fully saturated rings. The van der Waals surface area contributed by atoms with Crippen LogP contribution in [0.1, 0.15) is 119 Å². The van der Waals surface area contributed by atoms with Gasteiger partial charge in [0.15, 0.2) is 14.7 Å². The third-order valence-electron chi connectivity index (χ3n) is 15.7. The number of carbonyl (C=O) groups is 5. The first-order valence-corrected chi connectivity index (χ1v) is 29.8. The molecule has 24 heteroatoms. The Labute approximate surface area is 488 Å². The molecule has 450 valence electrons. The molecular weight excluding hydrogens is 1130 g/mol. The molecule has 0 saturated carbocycles. The summed E-state index contributed by atoms with van der Waals surface area (Å²) < 4.78 is 59.5. The number of rotatable bonds is 10. The van der Waals surface area contributed by atoms with E-state index in [1.54, 1.807) is 58.9 Å². The number of amides is 2. The second-order valence-corrected chi connectivity index (χ2v) is 25.5. The number of sulfone groups is 1. The smallest absolute Gasteiger partial charge is 0.312 e. The highest BCUT2D eigenvalue weighted by molar-refractivity contribution is 7.90. The van der Waals surface area contributed by atoms with E-state index in [2.05, 4.69) is 34.7 Å². The lowest BCUT2D eigenvalue weighted by Crippen LogP contribution is -2.50. The van der Waals surface area contributed by atoms with Gasteiger partial charge in [-0.2, -0.15) is 0 Å². The van der Waals surface area contributed by atoms with Crippen molar-refractivity contribution in [1.29, 1.82) is 0 Å². The third kappa shape index (κ3) is 14.1. The number of esters is 1. The summed E-state index contributed by atoms with van der Waals surface area (Å²) >= 11 is 10.7. The fourth-order valence-corrected chi connectivity index (χ4v) is 11.6. The fraction of sp³-hybridized carbons (Fsp3) is 0.552. The van der Waals surface area contributed by atoms with Crippen molar-refractivity contribution in [1.82, 2.24) is 20.9 Å². The number of benzene rings is 2. The number of allylic oxidation sites excluding steroid dienone is 4. The average Bonchev–Trinajstić information content (AvgIpc) is 2.55. The van der Waals surface area contributed by atoms with E-state index in [-0.39, 0.29) is 61.1 Å². The zero-order valence-corrected chi connectivity index (χ0v) is 50.4. The monoisotopic (exact) mass is 1200 g/mol. The number of carbonyl (C=O) groups excluding carboxylic acids is 5. The second-order valence-electron chi connectivity index (χ2n) is 22.4. The minimum Gasteiger partial charge on any atom is -0.507 e. The number of halogens is 3. The van der Waals surface area contributed by atoms with Crippen molar-refractivity contribution in [3.8, 4) is 11.5 Å². The minimum atomic E-state index is -3.36. The van der Waals surface area contributed by atoms with E-state index in [0.717, 1.165) is 25.9 Å². The molecule has 1 aliphatic carbocycles. The maximum atomic E-state index is 14.7. The van der Waals surface area contributed by atoms with E-state index in [1.807, 2.05) is 0 Å². The number of hydrogen-bond acceptors (Lipinski definition) is 18. The van der Waals surface area contributed by atoms with E-state index >= 15 is 0 Å². The number of likely N-dealkylation sites (tertiary alicyclic amines) is 1. The van der Waals surface area contributed by atoms with Gasteiger partial charge < -0.3 is 60.2 Å². The quantitative estimate of drug-likeness (QED) is 0.106. The SMILES string of the molecule is CO[C@@H]1/C=C\O[C@@]2(C)Oc3c(C)c(O)c4c(c3C2=O)C2=NC3(CCN(CC(C)C)CC3)NC2=C(NC(=O)/C(C)=C\C=C/[C@@H](C)[C@@H](O)[C@H](C)[C@H](O)[C@H](C)[C@H](OC(C)=O)[C@@H]1C)C4=O.CS(=O)(=O)c1ccc([C@@H](O)[C@@H](CF)NC(=O)C(Cl)Cl)cc1. The lowest BCUT2D eigenvalue weighted by atomic mass is 9.78. The van der Waals surface area contributed by atoms with Crippen molar-refractivity contribution in [2.45, 2.75) is 140 Å². The molecule has 20 nitrogen and oxygen atoms in total. The lowest BCUT2D eigenvalue weighted by Gasteiger charge is -2.38. The Kier molecular flexibility index (Phi) is 21.1. The lowest BCUT2D eigenvalue weighted by molar-refractivity contribution is -0.160. The summed E-state index contributed by atoms with van der Waals surface area (Å²) in [5, 5.41) is 53.2. The van der Waals surface area contributed by atoms with E-state index in [4.69, 9.17) is 47.1 Å². The van der Waals surface area contributed by atoms with Crippen LogP contribution in [0.25, 0.3) is 0 Å². The molecule has 7 rings (SSSR count). The maximum absolute atomic E-state index is 14.7. The van der Waals surface area contributed by atoms with E-state index < -0.39 is 128 Å². The highest BCUT2D eigenvalue weighted by atomic mass is 35.5. The minimum absolute atomic E-state index is 0.0164. The Morgan fingerprint density at radius 1 is 0.963 bits per heavy atom. The van der Waals surface area contributed by atoms with E-state index in [1.165, 1.54) is 58.4 Å². The number of phenolic OH excluding ortho intramolecular Hbond substituents is 1. The van der Waals surface area contributed by atoms with Crippen molar-refractivity contribution >= 4 is 68.1 Å². The number of nitrogens with one attached hydrogen (secondary N) is 3. The largest absolute Gasteiger partial charge is 0.507 e. The predicted octanol–water partition coefficient (Wildman–Crippen LogP) is 6.00. The number of phenols is 1. The average molecular weight is 1210 g/mol. The molecule has 2 aromatic carbocycles. The zero-order valence-electron chi connectivity index (χ0n) is 48.1. The molecule has 1 spiro atoms. The molecule has 2 amide bonds. The fourth-order valence-electron chi connectivity index (χ4n) is 10.9. The van der Waals surface area contributed by atoms with Crippen LogP contribution in [0.5, 0.6) is 11.5 Å². The summed E-state index contributed by atoms with van der Waals surface area (Å²) in [7, 11) is -1.90. The number of aliphatic imine (C=N–C) groups is 1. The number of Topliss-reactive ketones (excluding diaryl/α,β-unsaturated/α-hetero) is 2. The van der Waals surface area contributed by atoms with Gasteiger partial charge in [0.05, 0.1) is 58.0 Å². The number of methoxy groups -OCH3 is 1. The highest BCUT2D eigenvalue weighted by Crippen LogP contribution is 2.50. The van der Waals surface area contributed by atoms with Gasteiger partial charge in [-0.1, -0.05) is 95.1 Å². The number of aromatic hydroxyl groups is 1. The molecule has 5 bridgehead atoms. The Balaban J connectivity index is 0.000000433. The summed E-state index contributed by atoms with van der Waals surface area (Å²) in [5.41, 5.74) is 0.0641. The number of ether oxygens (including phenoxy) is 4. The van der Waals surface area contributed by atoms with Crippen LogP contribution >= 0.6 is 23.2 Å². The summed E-state index contributed by atoms with van der Waals surface area (Å²) in [4.78, 5) is 73.3. The van der Waals surface area contributed by atoms with Gasteiger partial charge >= 0.3 is 11.8 Å². The Hall–Kier alpha value is -5.72. The van der Waals surface area contributed by atoms with E-state index in [9.17, 15) is 57.2 Å². The van der Waals surface area contributed by atoms with Crippen molar-refractivity contribution in [3.63, 3.8) is 0 Å². The maximum Gasteiger partial charge on any atom is 0.312 e. The van der Waals surface area contributed by atoms with Crippen LogP contribution in [-0.2, 0) is 38.4 Å². The van der Waals surface area contributed by atoms with Gasteiger partial charge in [-0.25, -0.2) is 12.8 Å². The molecule has 0 radical (unpaired) electrons. The van der Waals surface area contributed by atoms with Crippen molar-refractivity contribution in [2.24, 2.45) is 34.6 Å². The molecule has 1 saturated heterocycles. The number of piperidine rings is 1. The predicted molar refractivity (Wildman–Crippen MR) is 305 cm³/mol. The number of aliphatic hydroxyl groups excluding tert-OH is 3. The van der Waals surface area contributed by atoms with E-state index in [0.29, 0.717) is 18.8 Å². The molecule has 0 aromatic heterocycles. The first kappa shape index (κ1) is 65.4. The molecule has 0 unspecified atom stereocenters. The normalized spacial score (nSPS) is 29.0. The van der Waals surface area contributed by atoms with Gasteiger partial charge in [0.25, 0.3) is 17.6 Å². The van der Waals surface area contributed by atoms with Gasteiger partial charge in [-0.15, -0.1) is 0 Å². The van der Waals surface area contributed by atoms with Crippen LogP contribution in [0.2, 0.25) is 0 Å². The first-order valence-electron chi connectivity index (χ1n) is 27.0. The number of alkyl halides is 3. The third-order valence-corrected chi connectivity index (χ3v) is 17.2. The number of hydrogen-bond donors (Lipinski definition) is 7. The van der Waals surface area contributed by atoms with Crippen LogP contribution in [0, 0.1) is 36.5 Å². The van der Waals surface area contributed by atoms with Crippen LogP contribution < -0.4 is 20.7 Å². The van der Waals surface area contributed by atoms with Crippen LogP contribution in [0.3, 0.4) is 0 Å². The first-order chi connectivity index (χ1) is 38.3. The summed E-state index contributed by atoms with van der Waals surface area (Å²) in [6.45, 7) is 18.5. The van der Waals surface area contributed by atoms with Crippen molar-refractivity contribution in [2.75, 3.05) is 39.7 Å². The molecular formula is C58H76Cl2FN5O15S. The summed E-state index contributed by atoms with van der Waals surface area (Å²) in [6, 6.07) is 4.03.